The largest absolute Gasteiger partial charge is 2.00 e. The normalized spacial score (nSPS) is 11.1. The minimum Gasteiger partial charge on any atom is -0.273 e. The van der Waals surface area contributed by atoms with Gasteiger partial charge < -0.3 is 0 Å². The van der Waals surface area contributed by atoms with Gasteiger partial charge in [-0.05, 0) is 0 Å². The van der Waals surface area contributed by atoms with Crippen LogP contribution in [0.4, 0.5) is 0 Å². The summed E-state index contributed by atoms with van der Waals surface area (Å²) in [6, 6.07) is 0. The molecule has 0 saturated carbocycles. The zero-order valence-electron chi connectivity index (χ0n) is 5.31. The molecule has 0 heterocycles. The van der Waals surface area contributed by atoms with E-state index in [4.69, 9.17) is 0 Å². The topological polar surface area (TPSA) is 0 Å². The number of hydrogen-bond donors (Lipinski definition) is 0. The van der Waals surface area contributed by atoms with Gasteiger partial charge in [-0.2, -0.15) is 6.08 Å². The van der Waals surface area contributed by atoms with Crippen LogP contribution in [0.5, 0.6) is 0 Å². The van der Waals surface area contributed by atoms with Crippen molar-refractivity contribution in [2.24, 2.45) is 0 Å². The first-order valence-corrected chi connectivity index (χ1v) is 2.53. The standard InChI is InChI=1S/C5H5.C3H5.Mn/c1-2-4-5-3-1;1-3-2;/h1-3H,4H2;3H,1-2H2;/q2*-1;+2. The van der Waals surface area contributed by atoms with Gasteiger partial charge in [-0.1, -0.05) is 0 Å². The maximum Gasteiger partial charge on any atom is 2.00 e. The average Bonchev–Trinajstić information content (AvgIpc) is 2.17. The Morgan fingerprint density at radius 3 is 2.33 bits per heavy atom. The Hall–Kier alpha value is -0.391. The van der Waals surface area contributed by atoms with Crippen molar-refractivity contribution in [3.63, 3.8) is 0 Å². The fourth-order valence-corrected chi connectivity index (χ4v) is 0.340. The van der Waals surface area contributed by atoms with Crippen molar-refractivity contribution in [3.8, 4) is 0 Å². The molecule has 0 nitrogen and oxygen atoms in total. The molecule has 0 aromatic heterocycles. The Morgan fingerprint density at radius 2 is 2.22 bits per heavy atom. The van der Waals surface area contributed by atoms with Crippen LogP contribution in [-0.2, 0) is 17.1 Å². The Balaban J connectivity index is 0. The summed E-state index contributed by atoms with van der Waals surface area (Å²) in [4.78, 5) is 0. The van der Waals surface area contributed by atoms with Crippen LogP contribution in [-0.4, -0.2) is 0 Å². The van der Waals surface area contributed by atoms with Crippen LogP contribution in [0.1, 0.15) is 6.42 Å². The minimum atomic E-state index is 0. The summed E-state index contributed by atoms with van der Waals surface area (Å²) in [5.41, 5.74) is 0. The predicted molar refractivity (Wildman–Crippen MR) is 37.1 cm³/mol. The quantitative estimate of drug-likeness (QED) is 0.377. The number of hydrogen-bond acceptors (Lipinski definition) is 0. The summed E-state index contributed by atoms with van der Waals surface area (Å²) >= 11 is 0. The molecule has 1 aliphatic carbocycles. The van der Waals surface area contributed by atoms with E-state index in [2.05, 4.69) is 25.7 Å². The first-order chi connectivity index (χ1) is 3.91. The molecule has 49 valence electrons. The van der Waals surface area contributed by atoms with Gasteiger partial charge in [-0.25, -0.2) is 31.7 Å². The van der Waals surface area contributed by atoms with Crippen LogP contribution < -0.4 is 0 Å². The van der Waals surface area contributed by atoms with Crippen LogP contribution >= 0.6 is 0 Å². The Kier molecular flexibility index (Phi) is 13.4. The van der Waals surface area contributed by atoms with E-state index in [0.717, 1.165) is 6.42 Å². The summed E-state index contributed by atoms with van der Waals surface area (Å²) in [6.07, 6.45) is 11.5. The first-order valence-electron chi connectivity index (χ1n) is 2.53. The monoisotopic (exact) mass is 161 g/mol. The molecule has 0 bridgehead atoms. The van der Waals surface area contributed by atoms with E-state index in [9.17, 15) is 0 Å². The average molecular weight is 161 g/mol. The molecule has 0 aromatic rings. The molecular weight excluding hydrogens is 151 g/mol. The summed E-state index contributed by atoms with van der Waals surface area (Å²) in [6.45, 7) is 6.50. The second-order valence-corrected chi connectivity index (χ2v) is 1.29. The molecule has 0 spiro atoms. The van der Waals surface area contributed by atoms with Gasteiger partial charge in [-0.3, -0.25) is 6.08 Å². The predicted octanol–water partition coefficient (Wildman–Crippen LogP) is 2.31. The van der Waals surface area contributed by atoms with Gasteiger partial charge in [0.25, 0.3) is 0 Å². The van der Waals surface area contributed by atoms with Gasteiger partial charge >= 0.3 is 17.1 Å². The first kappa shape index (κ1) is 11.4. The van der Waals surface area contributed by atoms with Crippen molar-refractivity contribution in [2.75, 3.05) is 0 Å². The van der Waals surface area contributed by atoms with E-state index in [0.29, 0.717) is 0 Å². The van der Waals surface area contributed by atoms with E-state index in [1.807, 2.05) is 12.2 Å². The third-order valence-electron chi connectivity index (χ3n) is 0.586. The molecule has 0 unspecified atom stereocenters. The van der Waals surface area contributed by atoms with Crippen LogP contribution in [0.2, 0.25) is 0 Å². The molecule has 0 atom stereocenters. The third-order valence-corrected chi connectivity index (χ3v) is 0.586. The zero-order valence-corrected chi connectivity index (χ0v) is 6.49. The molecule has 9 heavy (non-hydrogen) atoms. The summed E-state index contributed by atoms with van der Waals surface area (Å²) < 4.78 is 0. The summed E-state index contributed by atoms with van der Waals surface area (Å²) in [5.74, 6) is 0. The molecule has 0 amide bonds. The second-order valence-electron chi connectivity index (χ2n) is 1.29. The van der Waals surface area contributed by atoms with E-state index in [1.165, 1.54) is 6.08 Å². The molecule has 0 saturated heterocycles. The molecule has 0 N–H and O–H groups in total. The van der Waals surface area contributed by atoms with Crippen molar-refractivity contribution in [3.05, 3.63) is 43.9 Å². The van der Waals surface area contributed by atoms with Gasteiger partial charge in [0.05, 0.1) is 0 Å². The third kappa shape index (κ3) is 11.3. The molecule has 0 aliphatic heterocycles. The molecule has 1 radical (unpaired) electrons. The maximum absolute atomic E-state index is 3.25. The maximum atomic E-state index is 3.25. The van der Waals surface area contributed by atoms with Crippen molar-refractivity contribution in [1.29, 1.82) is 0 Å². The number of allylic oxidation sites excluding steroid dienone is 5. The van der Waals surface area contributed by atoms with E-state index in [1.54, 1.807) is 0 Å². The van der Waals surface area contributed by atoms with Crippen molar-refractivity contribution >= 4 is 0 Å². The fourth-order valence-electron chi connectivity index (χ4n) is 0.340. The van der Waals surface area contributed by atoms with Gasteiger partial charge in [0.1, 0.15) is 0 Å². The Morgan fingerprint density at radius 1 is 1.67 bits per heavy atom. The van der Waals surface area contributed by atoms with Crippen LogP contribution in [0, 0.1) is 13.0 Å². The molecule has 1 aliphatic rings. The van der Waals surface area contributed by atoms with Gasteiger partial charge in [0.2, 0.25) is 0 Å². The van der Waals surface area contributed by atoms with Crippen molar-refractivity contribution in [2.45, 2.75) is 6.42 Å². The second kappa shape index (κ2) is 10.6. The van der Waals surface area contributed by atoms with Gasteiger partial charge in [0.15, 0.2) is 0 Å². The molecule has 1 rings (SSSR count). The fraction of sp³-hybridized carbons (Fsp3) is 0.125. The molecule has 0 fully saturated rings. The summed E-state index contributed by atoms with van der Waals surface area (Å²) in [5, 5.41) is 0. The van der Waals surface area contributed by atoms with E-state index >= 15 is 0 Å². The Labute approximate surface area is 67.8 Å². The van der Waals surface area contributed by atoms with E-state index in [-0.39, 0.29) is 17.1 Å². The van der Waals surface area contributed by atoms with Gasteiger partial charge in [-0.15, -0.1) is 6.42 Å². The van der Waals surface area contributed by atoms with Crippen molar-refractivity contribution < 1.29 is 17.1 Å². The SMILES string of the molecule is C=C[CH2-].[C-]1=CC=CC1.[Mn+2]. The molecule has 0 aromatic carbocycles. The Bertz CT molecular complexity index is 91.1. The molecule has 1 heteroatoms. The van der Waals surface area contributed by atoms with Crippen LogP contribution in [0.15, 0.2) is 30.9 Å². The molecular formula is C8H10Mn. The minimum absolute atomic E-state index is 0. The zero-order chi connectivity index (χ0) is 6.24. The van der Waals surface area contributed by atoms with Crippen LogP contribution in [0.25, 0.3) is 0 Å². The van der Waals surface area contributed by atoms with Crippen molar-refractivity contribution in [1.82, 2.24) is 0 Å². The smallest absolute Gasteiger partial charge is 0.273 e. The van der Waals surface area contributed by atoms with E-state index < -0.39 is 0 Å². The van der Waals surface area contributed by atoms with Crippen LogP contribution in [0.3, 0.4) is 0 Å². The number of rotatable bonds is 0. The van der Waals surface area contributed by atoms with Gasteiger partial charge in [0, 0.05) is 0 Å². The summed E-state index contributed by atoms with van der Waals surface area (Å²) in [7, 11) is 0.